The van der Waals surface area contributed by atoms with Gasteiger partial charge in [-0.05, 0) is 37.1 Å². The maximum absolute atomic E-state index is 12.7. The Kier molecular flexibility index (Phi) is 7.82. The first kappa shape index (κ1) is 22.0. The summed E-state index contributed by atoms with van der Waals surface area (Å²) >= 11 is 0. The van der Waals surface area contributed by atoms with Gasteiger partial charge in [-0.3, -0.25) is 9.59 Å². The molecule has 0 fully saturated rings. The Hall–Kier alpha value is -3.29. The average Bonchev–Trinajstić information content (AvgIpc) is 2.72. The van der Waals surface area contributed by atoms with Crippen molar-refractivity contribution < 1.29 is 23.8 Å². The highest BCUT2D eigenvalue weighted by atomic mass is 16.5. The molecule has 2 N–H and O–H groups in total. The van der Waals surface area contributed by atoms with Gasteiger partial charge < -0.3 is 24.8 Å². The van der Waals surface area contributed by atoms with Crippen LogP contribution < -0.4 is 24.8 Å². The van der Waals surface area contributed by atoms with Gasteiger partial charge in [0.2, 0.25) is 11.7 Å². The number of pyridine rings is 1. The third-order valence-electron chi connectivity index (χ3n) is 4.31. The van der Waals surface area contributed by atoms with Crippen LogP contribution >= 0.6 is 0 Å². The Morgan fingerprint density at radius 1 is 1.00 bits per heavy atom. The molecule has 0 radical (unpaired) electrons. The predicted molar refractivity (Wildman–Crippen MR) is 111 cm³/mol. The van der Waals surface area contributed by atoms with Crippen molar-refractivity contribution in [2.45, 2.75) is 33.1 Å². The molecule has 2 aromatic rings. The van der Waals surface area contributed by atoms with Gasteiger partial charge >= 0.3 is 0 Å². The number of unbranched alkanes of at least 4 members (excludes halogenated alkanes) is 1. The van der Waals surface area contributed by atoms with Gasteiger partial charge in [0.1, 0.15) is 5.82 Å². The zero-order chi connectivity index (χ0) is 21.4. The summed E-state index contributed by atoms with van der Waals surface area (Å²) in [6.07, 6.45) is 3.75. The number of aromatic nitrogens is 1. The van der Waals surface area contributed by atoms with Crippen LogP contribution in [0.15, 0.2) is 24.4 Å². The van der Waals surface area contributed by atoms with E-state index in [9.17, 15) is 9.59 Å². The molecule has 0 aliphatic heterocycles. The third-order valence-corrected chi connectivity index (χ3v) is 4.31. The maximum Gasteiger partial charge on any atom is 0.255 e. The molecule has 2 rings (SSSR count). The van der Waals surface area contributed by atoms with Crippen molar-refractivity contribution in [1.29, 1.82) is 0 Å². The van der Waals surface area contributed by atoms with Crippen LogP contribution in [-0.2, 0) is 4.79 Å². The lowest BCUT2D eigenvalue weighted by Crippen LogP contribution is -2.15. The van der Waals surface area contributed by atoms with Crippen LogP contribution in [0.1, 0.15) is 42.1 Å². The fourth-order valence-electron chi connectivity index (χ4n) is 2.70. The quantitative estimate of drug-likeness (QED) is 0.663. The van der Waals surface area contributed by atoms with Gasteiger partial charge in [0, 0.05) is 12.0 Å². The summed E-state index contributed by atoms with van der Waals surface area (Å²) in [5, 5.41) is 5.58. The molecular formula is C21H27N3O5. The van der Waals surface area contributed by atoms with Gasteiger partial charge in [-0.2, -0.15) is 0 Å². The fraction of sp³-hybridized carbons (Fsp3) is 0.381. The van der Waals surface area contributed by atoms with Crippen molar-refractivity contribution in [2.75, 3.05) is 32.0 Å². The molecule has 2 amide bonds. The molecule has 0 aliphatic carbocycles. The minimum Gasteiger partial charge on any atom is -0.493 e. The van der Waals surface area contributed by atoms with E-state index in [1.807, 2.05) is 13.8 Å². The van der Waals surface area contributed by atoms with Crippen molar-refractivity contribution in [2.24, 2.45) is 0 Å². The summed E-state index contributed by atoms with van der Waals surface area (Å²) in [6.45, 7) is 3.86. The number of nitrogens with zero attached hydrogens (tertiary/aromatic N) is 1. The maximum atomic E-state index is 12.7. The molecule has 1 aromatic carbocycles. The van der Waals surface area contributed by atoms with Crippen molar-refractivity contribution in [3.05, 3.63) is 35.5 Å². The molecule has 0 unspecified atom stereocenters. The Balaban J connectivity index is 2.17. The molecule has 1 heterocycles. The monoisotopic (exact) mass is 401 g/mol. The zero-order valence-corrected chi connectivity index (χ0v) is 17.4. The van der Waals surface area contributed by atoms with Crippen LogP contribution in [0, 0.1) is 6.92 Å². The van der Waals surface area contributed by atoms with E-state index in [0.717, 1.165) is 18.4 Å². The number of amides is 2. The van der Waals surface area contributed by atoms with Crippen LogP contribution in [0.5, 0.6) is 17.2 Å². The number of anilines is 2. The van der Waals surface area contributed by atoms with E-state index in [0.29, 0.717) is 40.7 Å². The van der Waals surface area contributed by atoms with Gasteiger partial charge in [0.25, 0.3) is 5.91 Å². The third kappa shape index (κ3) is 5.60. The van der Waals surface area contributed by atoms with Gasteiger partial charge in [-0.1, -0.05) is 13.3 Å². The van der Waals surface area contributed by atoms with Crippen molar-refractivity contribution >= 4 is 23.3 Å². The van der Waals surface area contributed by atoms with Crippen LogP contribution in [0.3, 0.4) is 0 Å². The molecule has 0 aliphatic rings. The molecule has 0 saturated carbocycles. The largest absolute Gasteiger partial charge is 0.493 e. The van der Waals surface area contributed by atoms with Crippen LogP contribution in [0.4, 0.5) is 11.5 Å². The van der Waals surface area contributed by atoms with Gasteiger partial charge in [-0.15, -0.1) is 0 Å². The SMILES string of the molecule is CCCCC(=O)Nc1cc(C)c(NC(=O)c2cc(OC)c(OC)c(OC)c2)cn1. The summed E-state index contributed by atoms with van der Waals surface area (Å²) in [5.41, 5.74) is 1.65. The van der Waals surface area contributed by atoms with Crippen molar-refractivity contribution in [3.8, 4) is 17.2 Å². The van der Waals surface area contributed by atoms with Gasteiger partial charge in [0.05, 0.1) is 33.2 Å². The number of nitrogens with one attached hydrogen (secondary N) is 2. The number of hydrogen-bond acceptors (Lipinski definition) is 6. The second-order valence-electron chi connectivity index (χ2n) is 6.40. The highest BCUT2D eigenvalue weighted by Crippen LogP contribution is 2.38. The molecular weight excluding hydrogens is 374 g/mol. The van der Waals surface area contributed by atoms with Crippen LogP contribution in [0.25, 0.3) is 0 Å². The van der Waals surface area contributed by atoms with Crippen LogP contribution in [0.2, 0.25) is 0 Å². The summed E-state index contributed by atoms with van der Waals surface area (Å²) in [5.74, 6) is 1.21. The normalized spacial score (nSPS) is 10.2. The molecule has 0 saturated heterocycles. The first-order valence-corrected chi connectivity index (χ1v) is 9.31. The zero-order valence-electron chi connectivity index (χ0n) is 17.4. The van der Waals surface area contributed by atoms with E-state index in [1.54, 1.807) is 18.2 Å². The number of rotatable bonds is 9. The van der Waals surface area contributed by atoms with E-state index >= 15 is 0 Å². The smallest absolute Gasteiger partial charge is 0.255 e. The average molecular weight is 401 g/mol. The summed E-state index contributed by atoms with van der Waals surface area (Å²) < 4.78 is 15.8. The van der Waals surface area contributed by atoms with Crippen LogP contribution in [-0.4, -0.2) is 38.1 Å². The summed E-state index contributed by atoms with van der Waals surface area (Å²) in [6, 6.07) is 4.86. The first-order valence-electron chi connectivity index (χ1n) is 9.31. The minimum atomic E-state index is -0.353. The lowest BCUT2D eigenvalue weighted by molar-refractivity contribution is -0.116. The highest BCUT2D eigenvalue weighted by Gasteiger charge is 2.18. The fourth-order valence-corrected chi connectivity index (χ4v) is 2.70. The summed E-state index contributed by atoms with van der Waals surface area (Å²) in [7, 11) is 4.47. The molecule has 8 nitrogen and oxygen atoms in total. The molecule has 0 atom stereocenters. The van der Waals surface area contributed by atoms with E-state index in [-0.39, 0.29) is 11.8 Å². The number of carbonyl (C=O) groups is 2. The number of ether oxygens (including phenoxy) is 3. The second kappa shape index (κ2) is 10.3. The topological polar surface area (TPSA) is 98.8 Å². The Bertz CT molecular complexity index is 858. The number of methoxy groups -OCH3 is 3. The number of aryl methyl sites for hydroxylation is 1. The molecule has 156 valence electrons. The minimum absolute atomic E-state index is 0.0760. The number of benzene rings is 1. The van der Waals surface area contributed by atoms with E-state index in [2.05, 4.69) is 15.6 Å². The summed E-state index contributed by atoms with van der Waals surface area (Å²) in [4.78, 5) is 28.8. The Morgan fingerprint density at radius 2 is 1.66 bits per heavy atom. The molecule has 29 heavy (non-hydrogen) atoms. The second-order valence-corrected chi connectivity index (χ2v) is 6.40. The van der Waals surface area contributed by atoms with E-state index in [4.69, 9.17) is 14.2 Å². The molecule has 1 aromatic heterocycles. The highest BCUT2D eigenvalue weighted by molar-refractivity contribution is 6.05. The molecule has 0 spiro atoms. The number of carbonyl (C=O) groups excluding carboxylic acids is 2. The lowest BCUT2D eigenvalue weighted by Gasteiger charge is -2.15. The van der Waals surface area contributed by atoms with E-state index in [1.165, 1.54) is 27.5 Å². The predicted octanol–water partition coefficient (Wildman–Crippen LogP) is 3.80. The Morgan fingerprint density at radius 3 is 2.17 bits per heavy atom. The molecule has 0 bridgehead atoms. The van der Waals surface area contributed by atoms with Gasteiger partial charge in [-0.25, -0.2) is 4.98 Å². The van der Waals surface area contributed by atoms with Crippen molar-refractivity contribution in [3.63, 3.8) is 0 Å². The van der Waals surface area contributed by atoms with Crippen molar-refractivity contribution in [1.82, 2.24) is 4.98 Å². The number of hydrogen-bond donors (Lipinski definition) is 2. The molecule has 8 heteroatoms. The first-order chi connectivity index (χ1) is 13.9. The lowest BCUT2D eigenvalue weighted by atomic mass is 10.1. The van der Waals surface area contributed by atoms with Gasteiger partial charge in [0.15, 0.2) is 11.5 Å². The standard InChI is InChI=1S/C21H27N3O5/c1-6-7-8-19(25)24-18-9-13(2)15(12-22-18)23-21(26)14-10-16(27-3)20(29-5)17(11-14)28-4/h9-12H,6-8H2,1-5H3,(H,23,26)(H,22,24,25). The van der Waals surface area contributed by atoms with E-state index < -0.39 is 0 Å². The Labute approximate surface area is 170 Å².